The Bertz CT molecular complexity index is 429. The molecule has 0 unspecified atom stereocenters. The predicted molar refractivity (Wildman–Crippen MR) is 47.2 cm³/mol. The van der Waals surface area contributed by atoms with Crippen LogP contribution >= 0.6 is 0 Å². The molecule has 3 nitrogen and oxygen atoms in total. The SMILES string of the molecule is Cc1nc2cncn2c(C)c1C. The van der Waals surface area contributed by atoms with E-state index in [1.165, 1.54) is 11.3 Å². The van der Waals surface area contributed by atoms with E-state index in [2.05, 4.69) is 23.8 Å². The van der Waals surface area contributed by atoms with Gasteiger partial charge in [-0.05, 0) is 26.3 Å². The van der Waals surface area contributed by atoms with Crippen LogP contribution in [0.3, 0.4) is 0 Å². The van der Waals surface area contributed by atoms with E-state index in [4.69, 9.17) is 0 Å². The van der Waals surface area contributed by atoms with Gasteiger partial charge in [-0.25, -0.2) is 9.97 Å². The molecule has 0 atom stereocenters. The molecule has 0 N–H and O–H groups in total. The van der Waals surface area contributed by atoms with Crippen molar-refractivity contribution in [2.75, 3.05) is 0 Å². The summed E-state index contributed by atoms with van der Waals surface area (Å²) in [5, 5.41) is 0. The van der Waals surface area contributed by atoms with Gasteiger partial charge in [0.2, 0.25) is 0 Å². The Kier molecular flexibility index (Phi) is 1.40. The van der Waals surface area contributed by atoms with Gasteiger partial charge < -0.3 is 0 Å². The highest BCUT2D eigenvalue weighted by Gasteiger charge is 2.03. The smallest absolute Gasteiger partial charge is 0.156 e. The molecular weight excluding hydrogens is 150 g/mol. The lowest BCUT2D eigenvalue weighted by Crippen LogP contribution is -1.99. The second-order valence-electron chi connectivity index (χ2n) is 3.03. The van der Waals surface area contributed by atoms with Crippen LogP contribution in [0.1, 0.15) is 17.0 Å². The average molecular weight is 161 g/mol. The molecular formula is C9H11N3. The number of hydrogen-bond acceptors (Lipinski definition) is 2. The number of hydrogen-bond donors (Lipinski definition) is 0. The van der Waals surface area contributed by atoms with Gasteiger partial charge >= 0.3 is 0 Å². The van der Waals surface area contributed by atoms with Gasteiger partial charge in [0.15, 0.2) is 5.65 Å². The third-order valence-electron chi connectivity index (χ3n) is 2.35. The van der Waals surface area contributed by atoms with Gasteiger partial charge in [0.25, 0.3) is 0 Å². The molecule has 0 fully saturated rings. The minimum absolute atomic E-state index is 0.926. The molecule has 0 spiro atoms. The van der Waals surface area contributed by atoms with Crippen LogP contribution in [0.2, 0.25) is 0 Å². The van der Waals surface area contributed by atoms with Crippen molar-refractivity contribution in [3.63, 3.8) is 0 Å². The Morgan fingerprint density at radius 2 is 2.00 bits per heavy atom. The lowest BCUT2D eigenvalue weighted by molar-refractivity contribution is 0.983. The first-order chi connectivity index (χ1) is 5.70. The molecule has 2 aromatic heterocycles. The van der Waals surface area contributed by atoms with E-state index in [9.17, 15) is 0 Å². The summed E-state index contributed by atoms with van der Waals surface area (Å²) >= 11 is 0. The fourth-order valence-corrected chi connectivity index (χ4v) is 1.33. The van der Waals surface area contributed by atoms with Crippen LogP contribution in [-0.2, 0) is 0 Å². The van der Waals surface area contributed by atoms with Gasteiger partial charge in [0.05, 0.1) is 6.20 Å². The van der Waals surface area contributed by atoms with Gasteiger partial charge in [-0.3, -0.25) is 4.40 Å². The molecule has 0 aromatic carbocycles. The van der Waals surface area contributed by atoms with Crippen molar-refractivity contribution in [3.05, 3.63) is 29.5 Å². The van der Waals surface area contributed by atoms with E-state index in [1.54, 1.807) is 12.5 Å². The molecule has 12 heavy (non-hydrogen) atoms. The zero-order valence-electron chi connectivity index (χ0n) is 7.50. The second-order valence-corrected chi connectivity index (χ2v) is 3.03. The van der Waals surface area contributed by atoms with Gasteiger partial charge in [-0.1, -0.05) is 0 Å². The van der Waals surface area contributed by atoms with Gasteiger partial charge in [-0.15, -0.1) is 0 Å². The minimum atomic E-state index is 0.926. The van der Waals surface area contributed by atoms with Gasteiger partial charge in [0.1, 0.15) is 6.33 Å². The lowest BCUT2D eigenvalue weighted by Gasteiger charge is -2.05. The van der Waals surface area contributed by atoms with Crippen LogP contribution in [-0.4, -0.2) is 14.4 Å². The normalized spacial score (nSPS) is 10.9. The summed E-state index contributed by atoms with van der Waals surface area (Å²) in [5.74, 6) is 0. The third kappa shape index (κ3) is 0.826. The van der Waals surface area contributed by atoms with Crippen molar-refractivity contribution in [2.24, 2.45) is 0 Å². The molecule has 2 heterocycles. The van der Waals surface area contributed by atoms with Crippen molar-refractivity contribution in [1.29, 1.82) is 0 Å². The summed E-state index contributed by atoms with van der Waals surface area (Å²) in [6.45, 7) is 6.19. The summed E-state index contributed by atoms with van der Waals surface area (Å²) in [6, 6.07) is 0. The number of imidazole rings is 1. The highest BCUT2D eigenvalue weighted by atomic mass is 15.0. The monoisotopic (exact) mass is 161 g/mol. The Morgan fingerprint density at radius 1 is 1.25 bits per heavy atom. The van der Waals surface area contributed by atoms with Crippen molar-refractivity contribution in [2.45, 2.75) is 20.8 Å². The third-order valence-corrected chi connectivity index (χ3v) is 2.35. The van der Waals surface area contributed by atoms with Crippen LogP contribution < -0.4 is 0 Å². The topological polar surface area (TPSA) is 30.2 Å². The molecule has 2 aromatic rings. The Morgan fingerprint density at radius 3 is 2.75 bits per heavy atom. The van der Waals surface area contributed by atoms with Crippen LogP contribution in [0, 0.1) is 20.8 Å². The predicted octanol–water partition coefficient (Wildman–Crippen LogP) is 1.65. The highest BCUT2D eigenvalue weighted by Crippen LogP contribution is 2.11. The number of aryl methyl sites for hydroxylation is 2. The highest BCUT2D eigenvalue weighted by molar-refractivity contribution is 5.41. The summed E-state index contributed by atoms with van der Waals surface area (Å²) in [5.41, 5.74) is 4.46. The van der Waals surface area contributed by atoms with Crippen LogP contribution in [0.5, 0.6) is 0 Å². The molecule has 0 aliphatic heterocycles. The van der Waals surface area contributed by atoms with Crippen LogP contribution in [0.25, 0.3) is 5.65 Å². The fourth-order valence-electron chi connectivity index (χ4n) is 1.33. The molecule has 0 aliphatic rings. The van der Waals surface area contributed by atoms with Crippen molar-refractivity contribution < 1.29 is 0 Å². The maximum atomic E-state index is 4.40. The van der Waals surface area contributed by atoms with Gasteiger partial charge in [0, 0.05) is 11.4 Å². The van der Waals surface area contributed by atoms with Crippen molar-refractivity contribution in [1.82, 2.24) is 14.4 Å². The molecule has 3 heteroatoms. The number of nitrogens with zero attached hydrogens (tertiary/aromatic N) is 3. The van der Waals surface area contributed by atoms with Crippen LogP contribution in [0.4, 0.5) is 0 Å². The summed E-state index contributed by atoms with van der Waals surface area (Å²) < 4.78 is 2.00. The van der Waals surface area contributed by atoms with Crippen molar-refractivity contribution >= 4 is 5.65 Å². The Hall–Kier alpha value is -1.38. The van der Waals surface area contributed by atoms with Gasteiger partial charge in [-0.2, -0.15) is 0 Å². The Labute approximate surface area is 71.1 Å². The molecule has 0 amide bonds. The number of aromatic nitrogens is 3. The first-order valence-electron chi connectivity index (χ1n) is 3.96. The standard InChI is InChI=1S/C9H11N3/c1-6-7(2)11-9-4-10-5-12(9)8(6)3/h4-5H,1-3H3. The molecule has 0 aliphatic carbocycles. The maximum absolute atomic E-state index is 4.40. The maximum Gasteiger partial charge on any atom is 0.156 e. The van der Waals surface area contributed by atoms with E-state index in [1.807, 2.05) is 11.3 Å². The van der Waals surface area contributed by atoms with E-state index < -0.39 is 0 Å². The van der Waals surface area contributed by atoms with E-state index in [-0.39, 0.29) is 0 Å². The summed E-state index contributed by atoms with van der Waals surface area (Å²) in [7, 11) is 0. The minimum Gasteiger partial charge on any atom is -0.288 e. The van der Waals surface area contributed by atoms with Crippen LogP contribution in [0.15, 0.2) is 12.5 Å². The number of rotatable bonds is 0. The second kappa shape index (κ2) is 2.30. The molecule has 0 saturated carbocycles. The fraction of sp³-hybridized carbons (Fsp3) is 0.333. The zero-order chi connectivity index (χ0) is 8.72. The zero-order valence-corrected chi connectivity index (χ0v) is 7.50. The first kappa shape index (κ1) is 7.28. The van der Waals surface area contributed by atoms with E-state index >= 15 is 0 Å². The molecule has 0 saturated heterocycles. The first-order valence-corrected chi connectivity index (χ1v) is 3.96. The quantitative estimate of drug-likeness (QED) is 0.588. The summed E-state index contributed by atoms with van der Waals surface area (Å²) in [6.07, 6.45) is 3.57. The molecule has 0 bridgehead atoms. The molecule has 0 radical (unpaired) electrons. The molecule has 2 rings (SSSR count). The molecule has 62 valence electrons. The number of fused-ring (bicyclic) bond motifs is 1. The largest absolute Gasteiger partial charge is 0.288 e. The summed E-state index contributed by atoms with van der Waals surface area (Å²) in [4.78, 5) is 8.44. The van der Waals surface area contributed by atoms with E-state index in [0.29, 0.717) is 0 Å². The van der Waals surface area contributed by atoms with E-state index in [0.717, 1.165) is 11.3 Å². The van der Waals surface area contributed by atoms with Crippen molar-refractivity contribution in [3.8, 4) is 0 Å². The average Bonchev–Trinajstić information content (AvgIpc) is 2.48. The lowest BCUT2D eigenvalue weighted by atomic mass is 10.2. The Balaban J connectivity index is 2.94.